The number of nitrogens with two attached hydrogens (primary N) is 1. The molecule has 106 valence electrons. The average molecular weight is 271 g/mol. The second-order valence-electron chi connectivity index (χ2n) is 5.67. The highest BCUT2D eigenvalue weighted by atomic mass is 19.1. The third-order valence-corrected chi connectivity index (χ3v) is 3.78. The Labute approximate surface area is 120 Å². The molecule has 0 saturated heterocycles. The standard InChI is InChI=1S/C18H22FN/c1-12-4-5-13(2)15(8-12)10-18(20)11-16-9-17(19)7-6-14(16)3/h4-9,18H,10-11,20H2,1-3H3. The summed E-state index contributed by atoms with van der Waals surface area (Å²) in [6.45, 7) is 6.19. The molecule has 0 saturated carbocycles. The lowest BCUT2D eigenvalue weighted by Gasteiger charge is -2.15. The van der Waals surface area contributed by atoms with E-state index in [2.05, 4.69) is 32.0 Å². The zero-order valence-electron chi connectivity index (χ0n) is 12.4. The largest absolute Gasteiger partial charge is 0.327 e. The van der Waals surface area contributed by atoms with Crippen molar-refractivity contribution in [2.24, 2.45) is 5.73 Å². The van der Waals surface area contributed by atoms with Crippen molar-refractivity contribution in [3.63, 3.8) is 0 Å². The van der Waals surface area contributed by atoms with Gasteiger partial charge in [0, 0.05) is 6.04 Å². The van der Waals surface area contributed by atoms with Crippen LogP contribution in [0.25, 0.3) is 0 Å². The Balaban J connectivity index is 2.10. The van der Waals surface area contributed by atoms with E-state index >= 15 is 0 Å². The van der Waals surface area contributed by atoms with Crippen LogP contribution >= 0.6 is 0 Å². The van der Waals surface area contributed by atoms with E-state index in [1.165, 1.54) is 22.8 Å². The van der Waals surface area contributed by atoms with Gasteiger partial charge < -0.3 is 5.73 Å². The molecule has 0 aromatic heterocycles. The van der Waals surface area contributed by atoms with E-state index < -0.39 is 0 Å². The van der Waals surface area contributed by atoms with Gasteiger partial charge in [0.2, 0.25) is 0 Å². The highest BCUT2D eigenvalue weighted by Gasteiger charge is 2.10. The van der Waals surface area contributed by atoms with Gasteiger partial charge in [0.25, 0.3) is 0 Å². The van der Waals surface area contributed by atoms with E-state index in [1.807, 2.05) is 13.0 Å². The van der Waals surface area contributed by atoms with E-state index in [9.17, 15) is 4.39 Å². The maximum absolute atomic E-state index is 13.3. The van der Waals surface area contributed by atoms with Crippen LogP contribution in [0, 0.1) is 26.6 Å². The minimum atomic E-state index is -0.190. The first-order chi connectivity index (χ1) is 9.45. The van der Waals surface area contributed by atoms with E-state index in [-0.39, 0.29) is 11.9 Å². The molecule has 2 heteroatoms. The van der Waals surface area contributed by atoms with Crippen LogP contribution in [0.2, 0.25) is 0 Å². The molecule has 1 unspecified atom stereocenters. The second kappa shape index (κ2) is 6.19. The monoisotopic (exact) mass is 271 g/mol. The molecule has 0 bridgehead atoms. The molecule has 1 nitrogen and oxygen atoms in total. The molecule has 0 fully saturated rings. The van der Waals surface area contributed by atoms with Gasteiger partial charge >= 0.3 is 0 Å². The maximum Gasteiger partial charge on any atom is 0.123 e. The molecule has 2 N–H and O–H groups in total. The van der Waals surface area contributed by atoms with Crippen LogP contribution in [0.3, 0.4) is 0 Å². The van der Waals surface area contributed by atoms with Crippen LogP contribution in [0.5, 0.6) is 0 Å². The first kappa shape index (κ1) is 14.7. The normalized spacial score (nSPS) is 12.4. The summed E-state index contributed by atoms with van der Waals surface area (Å²) in [4.78, 5) is 0. The van der Waals surface area contributed by atoms with Gasteiger partial charge in [0.15, 0.2) is 0 Å². The van der Waals surface area contributed by atoms with Crippen molar-refractivity contribution in [1.82, 2.24) is 0 Å². The van der Waals surface area contributed by atoms with E-state index in [4.69, 9.17) is 5.73 Å². The third-order valence-electron chi connectivity index (χ3n) is 3.78. The highest BCUT2D eigenvalue weighted by molar-refractivity contribution is 5.32. The van der Waals surface area contributed by atoms with Crippen molar-refractivity contribution < 1.29 is 4.39 Å². The van der Waals surface area contributed by atoms with Gasteiger partial charge in [-0.25, -0.2) is 4.39 Å². The fourth-order valence-corrected chi connectivity index (χ4v) is 2.52. The number of rotatable bonds is 4. The number of halogens is 1. The molecule has 2 aromatic rings. The lowest BCUT2D eigenvalue weighted by Crippen LogP contribution is -2.26. The molecule has 0 aliphatic rings. The van der Waals surface area contributed by atoms with Gasteiger partial charge in [0.05, 0.1) is 0 Å². The summed E-state index contributed by atoms with van der Waals surface area (Å²) < 4.78 is 13.3. The van der Waals surface area contributed by atoms with E-state index in [0.29, 0.717) is 6.42 Å². The van der Waals surface area contributed by atoms with Gasteiger partial charge in [0.1, 0.15) is 5.82 Å². The summed E-state index contributed by atoms with van der Waals surface area (Å²) in [5, 5.41) is 0. The summed E-state index contributed by atoms with van der Waals surface area (Å²) in [5.41, 5.74) is 12.2. The minimum absolute atomic E-state index is 0.0102. The van der Waals surface area contributed by atoms with Gasteiger partial charge in [-0.15, -0.1) is 0 Å². The Morgan fingerprint density at radius 2 is 1.45 bits per heavy atom. The molecule has 0 heterocycles. The average Bonchev–Trinajstić information content (AvgIpc) is 2.38. The van der Waals surface area contributed by atoms with Gasteiger partial charge in [-0.05, 0) is 68.0 Å². The Morgan fingerprint density at radius 1 is 0.900 bits per heavy atom. The third kappa shape index (κ3) is 3.67. The summed E-state index contributed by atoms with van der Waals surface area (Å²) in [7, 11) is 0. The van der Waals surface area contributed by atoms with Gasteiger partial charge in [-0.2, -0.15) is 0 Å². The topological polar surface area (TPSA) is 26.0 Å². The predicted molar refractivity (Wildman–Crippen MR) is 82.4 cm³/mol. The molecule has 0 aliphatic heterocycles. The molecule has 2 rings (SSSR count). The smallest absolute Gasteiger partial charge is 0.123 e. The van der Waals surface area contributed by atoms with Crippen LogP contribution in [-0.2, 0) is 12.8 Å². The van der Waals surface area contributed by atoms with Crippen molar-refractivity contribution in [3.05, 3.63) is 70.0 Å². The quantitative estimate of drug-likeness (QED) is 0.897. The molecule has 1 atom stereocenters. The van der Waals surface area contributed by atoms with Crippen LogP contribution in [0.4, 0.5) is 4.39 Å². The number of hydrogen-bond donors (Lipinski definition) is 1. The van der Waals surface area contributed by atoms with Gasteiger partial charge in [-0.1, -0.05) is 29.8 Å². The molecule has 0 aliphatic carbocycles. The number of hydrogen-bond acceptors (Lipinski definition) is 1. The fourth-order valence-electron chi connectivity index (χ4n) is 2.52. The lowest BCUT2D eigenvalue weighted by molar-refractivity contribution is 0.616. The van der Waals surface area contributed by atoms with Crippen molar-refractivity contribution >= 4 is 0 Å². The van der Waals surface area contributed by atoms with Crippen LogP contribution < -0.4 is 5.73 Å². The zero-order chi connectivity index (χ0) is 14.7. The summed E-state index contributed by atoms with van der Waals surface area (Å²) in [6.07, 6.45) is 1.53. The van der Waals surface area contributed by atoms with Crippen LogP contribution in [0.15, 0.2) is 36.4 Å². The summed E-state index contributed by atoms with van der Waals surface area (Å²) >= 11 is 0. The fraction of sp³-hybridized carbons (Fsp3) is 0.333. The second-order valence-corrected chi connectivity index (χ2v) is 5.67. The molecule has 2 aromatic carbocycles. The van der Waals surface area contributed by atoms with Crippen molar-refractivity contribution in [3.8, 4) is 0 Å². The number of aryl methyl sites for hydroxylation is 3. The molecular formula is C18H22FN. The predicted octanol–water partition coefficient (Wildman–Crippen LogP) is 3.86. The number of benzene rings is 2. The zero-order valence-corrected chi connectivity index (χ0v) is 12.4. The van der Waals surface area contributed by atoms with Crippen molar-refractivity contribution in [2.75, 3.05) is 0 Å². The first-order valence-corrected chi connectivity index (χ1v) is 7.02. The Kier molecular flexibility index (Phi) is 4.56. The van der Waals surface area contributed by atoms with E-state index in [1.54, 1.807) is 6.07 Å². The summed E-state index contributed by atoms with van der Waals surface area (Å²) in [6, 6.07) is 11.3. The maximum atomic E-state index is 13.3. The Hall–Kier alpha value is -1.67. The highest BCUT2D eigenvalue weighted by Crippen LogP contribution is 2.16. The van der Waals surface area contributed by atoms with E-state index in [0.717, 1.165) is 17.5 Å². The molecule has 20 heavy (non-hydrogen) atoms. The summed E-state index contributed by atoms with van der Waals surface area (Å²) in [5.74, 6) is -0.190. The SMILES string of the molecule is Cc1ccc(C)c(CC(N)Cc2cc(F)ccc2C)c1. The Bertz CT molecular complexity index is 551. The van der Waals surface area contributed by atoms with Crippen LogP contribution in [-0.4, -0.2) is 6.04 Å². The lowest BCUT2D eigenvalue weighted by atomic mass is 9.94. The molecule has 0 radical (unpaired) electrons. The van der Waals surface area contributed by atoms with Crippen molar-refractivity contribution in [1.29, 1.82) is 0 Å². The Morgan fingerprint density at radius 3 is 2.10 bits per heavy atom. The first-order valence-electron chi connectivity index (χ1n) is 7.02. The molecular weight excluding hydrogens is 249 g/mol. The van der Waals surface area contributed by atoms with Gasteiger partial charge in [-0.3, -0.25) is 0 Å². The van der Waals surface area contributed by atoms with Crippen LogP contribution in [0.1, 0.15) is 27.8 Å². The molecule has 0 spiro atoms. The molecule has 0 amide bonds. The minimum Gasteiger partial charge on any atom is -0.327 e. The van der Waals surface area contributed by atoms with Crippen molar-refractivity contribution in [2.45, 2.75) is 39.7 Å².